The molecule has 0 spiro atoms. The van der Waals surface area contributed by atoms with Crippen LogP contribution in [0.4, 0.5) is 21.5 Å². The topological polar surface area (TPSA) is 192 Å². The van der Waals surface area contributed by atoms with Crippen molar-refractivity contribution in [2.75, 3.05) is 34.2 Å². The number of imidazole rings is 1. The molecule has 3 aromatic carbocycles. The molecular formula is C33H34FN7O8S. The number of imide groups is 1. The summed E-state index contributed by atoms with van der Waals surface area (Å²) in [6, 6.07) is 10.4. The van der Waals surface area contributed by atoms with Gasteiger partial charge in [-0.3, -0.25) is 33.6 Å². The molecule has 17 heteroatoms. The predicted octanol–water partition coefficient (Wildman–Crippen LogP) is 2.22. The maximum Gasteiger partial charge on any atom is 0.329 e. The van der Waals surface area contributed by atoms with Crippen molar-refractivity contribution in [1.29, 1.82) is 0 Å². The SMILES string of the molecule is CCn1c(=O)n(C2CCC(=O)NC2=O)c2ccc(N3CCC(CC(=O)Nc4ccc5c(F)c(N6CC(=O)NS6(=O)=O)c(O)cc5c4)CC3)cc21. The molecule has 3 fully saturated rings. The first-order valence-corrected chi connectivity index (χ1v) is 17.7. The molecule has 3 saturated heterocycles. The molecule has 0 aliphatic carbocycles. The minimum atomic E-state index is -4.34. The van der Waals surface area contributed by atoms with Gasteiger partial charge in [0.05, 0.1) is 11.0 Å². The lowest BCUT2D eigenvalue weighted by Crippen LogP contribution is -2.44. The summed E-state index contributed by atoms with van der Waals surface area (Å²) in [5.74, 6) is -3.51. The van der Waals surface area contributed by atoms with Crippen molar-refractivity contribution in [3.63, 3.8) is 0 Å². The lowest BCUT2D eigenvalue weighted by molar-refractivity contribution is -0.135. The standard InChI is InChI=1S/C33H34FN7O8S/c1-2-39-25-16-21(4-6-23(25)41(33(39)47)24-7-8-27(43)36-32(24)46)38-11-9-18(10-12-38)13-28(44)35-20-3-5-22-19(14-20)15-26(42)31(30(22)34)40-17-29(45)37-50(40,48)49/h3-6,14-16,18,24,42H,2,7-13,17H2,1H3,(H,35,44)(H,37,45)(H,36,43,46). The Bertz CT molecular complexity index is 2280. The number of phenolic OH excluding ortho intramolecular Hbond substituents is 1. The van der Waals surface area contributed by atoms with Gasteiger partial charge in [-0.1, -0.05) is 0 Å². The van der Waals surface area contributed by atoms with Gasteiger partial charge < -0.3 is 15.3 Å². The largest absolute Gasteiger partial charge is 0.506 e. The van der Waals surface area contributed by atoms with Crippen LogP contribution >= 0.6 is 0 Å². The molecule has 1 atom stereocenters. The van der Waals surface area contributed by atoms with Crippen LogP contribution < -0.4 is 30.3 Å². The summed E-state index contributed by atoms with van der Waals surface area (Å²) in [5, 5.41) is 15.9. The molecule has 1 unspecified atom stereocenters. The smallest absolute Gasteiger partial charge is 0.329 e. The van der Waals surface area contributed by atoms with Crippen LogP contribution in [0.5, 0.6) is 5.75 Å². The van der Waals surface area contributed by atoms with Crippen LogP contribution in [0.3, 0.4) is 0 Å². The third-order valence-electron chi connectivity index (χ3n) is 9.62. The minimum absolute atomic E-state index is 0.000575. The number of hydrogen-bond donors (Lipinski definition) is 4. The number of fused-ring (bicyclic) bond motifs is 2. The fourth-order valence-electron chi connectivity index (χ4n) is 7.17. The number of anilines is 3. The lowest BCUT2D eigenvalue weighted by Gasteiger charge is -2.33. The molecule has 1 aromatic heterocycles. The van der Waals surface area contributed by atoms with E-state index in [-0.39, 0.29) is 53.5 Å². The van der Waals surface area contributed by atoms with Gasteiger partial charge in [-0.05, 0) is 80.0 Å². The number of nitrogens with one attached hydrogen (secondary N) is 3. The van der Waals surface area contributed by atoms with Crippen LogP contribution in [0.2, 0.25) is 0 Å². The Balaban J connectivity index is 1.00. The van der Waals surface area contributed by atoms with Crippen molar-refractivity contribution in [2.24, 2.45) is 5.92 Å². The Morgan fingerprint density at radius 1 is 1.00 bits per heavy atom. The van der Waals surface area contributed by atoms with Crippen LogP contribution in [0.15, 0.2) is 47.3 Å². The zero-order valence-electron chi connectivity index (χ0n) is 26.9. The molecule has 4 N–H and O–H groups in total. The highest BCUT2D eigenvalue weighted by Gasteiger charge is 2.38. The van der Waals surface area contributed by atoms with Gasteiger partial charge >= 0.3 is 15.9 Å². The predicted molar refractivity (Wildman–Crippen MR) is 181 cm³/mol. The molecule has 0 radical (unpaired) electrons. The Morgan fingerprint density at radius 2 is 1.76 bits per heavy atom. The quantitative estimate of drug-likeness (QED) is 0.209. The molecule has 0 saturated carbocycles. The monoisotopic (exact) mass is 707 g/mol. The lowest BCUT2D eigenvalue weighted by atomic mass is 9.93. The summed E-state index contributed by atoms with van der Waals surface area (Å²) < 4.78 is 45.2. The summed E-state index contributed by atoms with van der Waals surface area (Å²) in [4.78, 5) is 64.5. The van der Waals surface area contributed by atoms with E-state index in [4.69, 9.17) is 0 Å². The number of amides is 4. The number of hydrogen-bond acceptors (Lipinski definition) is 9. The Kier molecular flexibility index (Phi) is 8.24. The number of piperidine rings is 2. The van der Waals surface area contributed by atoms with E-state index in [0.717, 1.165) is 18.5 Å². The first-order valence-electron chi connectivity index (χ1n) is 16.3. The number of carbonyl (C=O) groups is 4. The van der Waals surface area contributed by atoms with Crippen LogP contribution in [-0.4, -0.2) is 65.9 Å². The van der Waals surface area contributed by atoms with Gasteiger partial charge in [0.1, 0.15) is 24.0 Å². The number of phenols is 1. The number of aromatic nitrogens is 2. The molecule has 3 aliphatic rings. The van der Waals surface area contributed by atoms with E-state index in [1.165, 1.54) is 28.8 Å². The average Bonchev–Trinajstić information content (AvgIpc) is 3.50. The molecule has 3 aliphatic heterocycles. The van der Waals surface area contributed by atoms with Gasteiger partial charge in [0.2, 0.25) is 17.7 Å². The summed E-state index contributed by atoms with van der Waals surface area (Å²) in [7, 11) is -4.34. The first kappa shape index (κ1) is 33.1. The molecule has 4 amide bonds. The van der Waals surface area contributed by atoms with Gasteiger partial charge in [-0.2, -0.15) is 8.42 Å². The molecule has 262 valence electrons. The molecular weight excluding hydrogens is 673 g/mol. The van der Waals surface area contributed by atoms with Crippen molar-refractivity contribution in [1.82, 2.24) is 19.2 Å². The van der Waals surface area contributed by atoms with Crippen LogP contribution in [0.1, 0.15) is 45.1 Å². The van der Waals surface area contributed by atoms with E-state index in [0.29, 0.717) is 40.7 Å². The number of rotatable bonds is 7. The van der Waals surface area contributed by atoms with Gasteiger partial charge in [-0.15, -0.1) is 0 Å². The van der Waals surface area contributed by atoms with E-state index in [1.54, 1.807) is 9.29 Å². The van der Waals surface area contributed by atoms with E-state index >= 15 is 4.39 Å². The fourth-order valence-corrected chi connectivity index (χ4v) is 8.33. The number of aromatic hydroxyl groups is 1. The van der Waals surface area contributed by atoms with E-state index in [1.807, 2.05) is 25.1 Å². The highest BCUT2D eigenvalue weighted by atomic mass is 32.2. The average molecular weight is 708 g/mol. The van der Waals surface area contributed by atoms with E-state index in [2.05, 4.69) is 15.5 Å². The van der Waals surface area contributed by atoms with Gasteiger partial charge in [0.25, 0.3) is 5.91 Å². The Morgan fingerprint density at radius 3 is 2.44 bits per heavy atom. The van der Waals surface area contributed by atoms with E-state index in [9.17, 15) is 37.5 Å². The third kappa shape index (κ3) is 5.80. The second-order valence-electron chi connectivity index (χ2n) is 12.8. The zero-order chi connectivity index (χ0) is 35.5. The zero-order valence-corrected chi connectivity index (χ0v) is 27.8. The normalized spacial score (nSPS) is 19.6. The third-order valence-corrected chi connectivity index (χ3v) is 11.0. The van der Waals surface area contributed by atoms with Crippen LogP contribution in [-0.2, 0) is 35.9 Å². The van der Waals surface area contributed by atoms with Crippen LogP contribution in [0, 0.1) is 11.7 Å². The number of benzene rings is 3. The Labute approximate surface area is 284 Å². The second kappa shape index (κ2) is 12.5. The van der Waals surface area contributed by atoms with E-state index < -0.39 is 51.9 Å². The maximum atomic E-state index is 15.4. The number of carbonyl (C=O) groups excluding carboxylic acids is 4. The van der Waals surface area contributed by atoms with Gasteiger partial charge in [-0.25, -0.2) is 18.2 Å². The molecule has 4 heterocycles. The highest BCUT2D eigenvalue weighted by molar-refractivity contribution is 7.92. The Hall–Kier alpha value is -5.45. The highest BCUT2D eigenvalue weighted by Crippen LogP contribution is 2.39. The van der Waals surface area contributed by atoms with Crippen LogP contribution in [0.25, 0.3) is 21.8 Å². The molecule has 4 aromatic rings. The maximum absolute atomic E-state index is 15.4. The van der Waals surface area contributed by atoms with Crippen molar-refractivity contribution in [3.05, 3.63) is 58.8 Å². The molecule has 0 bridgehead atoms. The van der Waals surface area contributed by atoms with Gasteiger partial charge in [0, 0.05) is 49.2 Å². The summed E-state index contributed by atoms with van der Waals surface area (Å²) >= 11 is 0. The van der Waals surface area contributed by atoms with Gasteiger partial charge in [0.15, 0.2) is 5.82 Å². The summed E-state index contributed by atoms with van der Waals surface area (Å²) in [6.07, 6.45) is 2.15. The van der Waals surface area contributed by atoms with Crippen molar-refractivity contribution < 1.29 is 37.1 Å². The second-order valence-corrected chi connectivity index (χ2v) is 14.3. The molecule has 50 heavy (non-hydrogen) atoms. The fraction of sp³-hybridized carbons (Fsp3) is 0.364. The number of halogens is 1. The summed E-state index contributed by atoms with van der Waals surface area (Å²) in [6.45, 7) is 2.97. The minimum Gasteiger partial charge on any atom is -0.506 e. The first-order chi connectivity index (χ1) is 23.8. The molecule has 7 rings (SSSR count). The summed E-state index contributed by atoms with van der Waals surface area (Å²) in [5.41, 5.74) is 1.69. The molecule has 15 nitrogen and oxygen atoms in total. The number of nitrogens with zero attached hydrogens (tertiary/aromatic N) is 4. The van der Waals surface area contributed by atoms with Crippen molar-refractivity contribution >= 4 is 72.7 Å². The van der Waals surface area contributed by atoms with Crippen molar-refractivity contribution in [3.8, 4) is 5.75 Å². The number of aryl methyl sites for hydroxylation is 1. The van der Waals surface area contributed by atoms with Crippen molar-refractivity contribution in [2.45, 2.75) is 51.6 Å².